The van der Waals surface area contributed by atoms with Gasteiger partial charge in [-0.1, -0.05) is 67.8 Å². The first kappa shape index (κ1) is 17.4. The standard InChI is InChI=1S/C23H23N3O/c27-23-20-15-7-8-16-21(20)25-22(19-13-5-2-6-14-19)26(23)24-17-9-12-18-10-3-1-4-11-18/h1,3-4,7-12,15-17,19H,2,5-6,13-14H2/b12-9+,24-17?. The van der Waals surface area contributed by atoms with Crippen LogP contribution in [0.15, 0.2) is 70.6 Å². The molecule has 1 heterocycles. The minimum Gasteiger partial charge on any atom is -0.267 e. The molecule has 0 aliphatic heterocycles. The van der Waals surface area contributed by atoms with Crippen LogP contribution in [0.2, 0.25) is 0 Å². The molecule has 1 fully saturated rings. The van der Waals surface area contributed by atoms with Gasteiger partial charge >= 0.3 is 0 Å². The summed E-state index contributed by atoms with van der Waals surface area (Å²) in [5.74, 6) is 1.09. The number of hydrogen-bond donors (Lipinski definition) is 0. The lowest BCUT2D eigenvalue weighted by Crippen LogP contribution is -2.25. The van der Waals surface area contributed by atoms with Gasteiger partial charge < -0.3 is 0 Å². The predicted octanol–water partition coefficient (Wildman–Crippen LogP) is 4.99. The van der Waals surface area contributed by atoms with E-state index in [0.717, 1.165) is 29.7 Å². The van der Waals surface area contributed by atoms with Gasteiger partial charge in [0, 0.05) is 12.1 Å². The van der Waals surface area contributed by atoms with Gasteiger partial charge in [0.2, 0.25) is 0 Å². The summed E-state index contributed by atoms with van der Waals surface area (Å²) in [5, 5.41) is 5.09. The molecule has 0 bridgehead atoms. The highest BCUT2D eigenvalue weighted by Crippen LogP contribution is 2.31. The molecular formula is C23H23N3O. The Labute approximate surface area is 158 Å². The summed E-state index contributed by atoms with van der Waals surface area (Å²) in [4.78, 5) is 17.9. The van der Waals surface area contributed by atoms with Crippen molar-refractivity contribution in [3.8, 4) is 0 Å². The molecule has 0 N–H and O–H groups in total. The third kappa shape index (κ3) is 3.90. The zero-order chi connectivity index (χ0) is 18.5. The van der Waals surface area contributed by atoms with Gasteiger partial charge in [0.15, 0.2) is 0 Å². The van der Waals surface area contributed by atoms with Crippen LogP contribution in [0.5, 0.6) is 0 Å². The van der Waals surface area contributed by atoms with Crippen LogP contribution in [0.3, 0.4) is 0 Å². The third-order valence-corrected chi connectivity index (χ3v) is 5.11. The van der Waals surface area contributed by atoms with Crippen molar-refractivity contribution in [3.05, 3.63) is 82.4 Å². The zero-order valence-electron chi connectivity index (χ0n) is 15.3. The molecule has 1 aromatic heterocycles. The molecule has 136 valence electrons. The third-order valence-electron chi connectivity index (χ3n) is 5.11. The molecule has 0 saturated heterocycles. The van der Waals surface area contributed by atoms with E-state index in [4.69, 9.17) is 4.98 Å². The fourth-order valence-electron chi connectivity index (χ4n) is 3.70. The molecule has 1 aliphatic rings. The van der Waals surface area contributed by atoms with Crippen LogP contribution in [0.25, 0.3) is 17.0 Å². The van der Waals surface area contributed by atoms with Crippen LogP contribution in [0.1, 0.15) is 49.4 Å². The van der Waals surface area contributed by atoms with E-state index in [1.165, 1.54) is 23.9 Å². The summed E-state index contributed by atoms with van der Waals surface area (Å²) >= 11 is 0. The van der Waals surface area contributed by atoms with Crippen molar-refractivity contribution in [2.75, 3.05) is 0 Å². The summed E-state index contributed by atoms with van der Waals surface area (Å²) in [6, 6.07) is 17.6. The van der Waals surface area contributed by atoms with Crippen LogP contribution >= 0.6 is 0 Å². The molecule has 4 nitrogen and oxygen atoms in total. The Kier molecular flexibility index (Phi) is 5.24. The highest BCUT2D eigenvalue weighted by atomic mass is 16.1. The Morgan fingerprint density at radius 1 is 0.963 bits per heavy atom. The van der Waals surface area contributed by atoms with Crippen LogP contribution in [0.4, 0.5) is 0 Å². The number of para-hydroxylation sites is 1. The van der Waals surface area contributed by atoms with E-state index in [1.54, 1.807) is 6.21 Å². The molecular weight excluding hydrogens is 334 g/mol. The Morgan fingerprint density at radius 2 is 1.70 bits per heavy atom. The maximum Gasteiger partial charge on any atom is 0.282 e. The highest BCUT2D eigenvalue weighted by Gasteiger charge is 2.22. The Balaban J connectivity index is 1.73. The minimum absolute atomic E-state index is 0.0921. The van der Waals surface area contributed by atoms with Gasteiger partial charge in [0.05, 0.1) is 10.9 Å². The van der Waals surface area contributed by atoms with Crippen LogP contribution in [0, 0.1) is 0 Å². The van der Waals surface area contributed by atoms with E-state index in [2.05, 4.69) is 5.10 Å². The molecule has 1 saturated carbocycles. The Hall–Kier alpha value is -3.01. The van der Waals surface area contributed by atoms with Crippen LogP contribution in [-0.4, -0.2) is 15.9 Å². The summed E-state index contributed by atoms with van der Waals surface area (Å²) in [6.07, 6.45) is 11.3. The van der Waals surface area contributed by atoms with E-state index in [1.807, 2.05) is 66.7 Å². The van der Waals surface area contributed by atoms with Crippen molar-refractivity contribution < 1.29 is 0 Å². The van der Waals surface area contributed by atoms with Crippen LogP contribution in [-0.2, 0) is 0 Å². The molecule has 1 aliphatic carbocycles. The smallest absolute Gasteiger partial charge is 0.267 e. The van der Waals surface area contributed by atoms with Gasteiger partial charge in [0.1, 0.15) is 5.82 Å². The molecule has 0 unspecified atom stereocenters. The zero-order valence-corrected chi connectivity index (χ0v) is 15.3. The van der Waals surface area contributed by atoms with Crippen LogP contribution < -0.4 is 5.56 Å². The molecule has 3 aromatic rings. The Bertz CT molecular complexity index is 1030. The number of hydrogen-bond acceptors (Lipinski definition) is 3. The predicted molar refractivity (Wildman–Crippen MR) is 111 cm³/mol. The quantitative estimate of drug-likeness (QED) is 0.618. The van der Waals surface area contributed by atoms with Crippen molar-refractivity contribution in [3.63, 3.8) is 0 Å². The van der Waals surface area contributed by atoms with Crippen molar-refractivity contribution in [2.45, 2.75) is 38.0 Å². The average molecular weight is 357 g/mol. The van der Waals surface area contributed by atoms with E-state index in [-0.39, 0.29) is 5.56 Å². The first-order valence-corrected chi connectivity index (χ1v) is 9.61. The summed E-state index contributed by atoms with van der Waals surface area (Å²) in [6.45, 7) is 0. The lowest BCUT2D eigenvalue weighted by Gasteiger charge is -2.22. The molecule has 0 atom stereocenters. The SMILES string of the molecule is O=c1c2ccccc2nc(C2CCCCC2)n1N=C/C=C/c1ccccc1. The van der Waals surface area contributed by atoms with E-state index in [9.17, 15) is 4.79 Å². The first-order valence-electron chi connectivity index (χ1n) is 9.61. The summed E-state index contributed by atoms with van der Waals surface area (Å²) in [5.41, 5.74) is 1.76. The number of aromatic nitrogens is 2. The monoisotopic (exact) mass is 357 g/mol. The molecule has 0 radical (unpaired) electrons. The fourth-order valence-corrected chi connectivity index (χ4v) is 3.70. The molecule has 27 heavy (non-hydrogen) atoms. The van der Waals surface area contributed by atoms with Crippen molar-refractivity contribution >= 4 is 23.2 Å². The number of nitrogens with zero attached hydrogens (tertiary/aromatic N) is 3. The van der Waals surface area contributed by atoms with Crippen molar-refractivity contribution in [1.29, 1.82) is 0 Å². The summed E-state index contributed by atoms with van der Waals surface area (Å²) < 4.78 is 1.51. The van der Waals surface area contributed by atoms with Gasteiger partial charge in [0.25, 0.3) is 5.56 Å². The molecule has 0 amide bonds. The second kappa shape index (κ2) is 8.12. The average Bonchev–Trinajstić information content (AvgIpc) is 2.74. The van der Waals surface area contributed by atoms with Gasteiger partial charge in [-0.25, -0.2) is 4.98 Å². The molecule has 2 aromatic carbocycles. The number of rotatable bonds is 4. The van der Waals surface area contributed by atoms with Gasteiger partial charge in [-0.15, -0.1) is 0 Å². The van der Waals surface area contributed by atoms with Gasteiger partial charge in [-0.2, -0.15) is 9.78 Å². The Morgan fingerprint density at radius 3 is 2.52 bits per heavy atom. The minimum atomic E-state index is -0.0921. The lowest BCUT2D eigenvalue weighted by atomic mass is 9.88. The lowest BCUT2D eigenvalue weighted by molar-refractivity contribution is 0.416. The van der Waals surface area contributed by atoms with Crippen molar-refractivity contribution in [1.82, 2.24) is 9.66 Å². The number of benzene rings is 2. The second-order valence-electron chi connectivity index (χ2n) is 6.97. The van der Waals surface area contributed by atoms with E-state index < -0.39 is 0 Å². The largest absolute Gasteiger partial charge is 0.282 e. The van der Waals surface area contributed by atoms with E-state index >= 15 is 0 Å². The van der Waals surface area contributed by atoms with Gasteiger partial charge in [-0.05, 0) is 36.6 Å². The first-order chi connectivity index (χ1) is 13.3. The van der Waals surface area contributed by atoms with Gasteiger partial charge in [-0.3, -0.25) is 4.79 Å². The normalized spacial score (nSPS) is 15.9. The maximum atomic E-state index is 13.0. The summed E-state index contributed by atoms with van der Waals surface area (Å²) in [7, 11) is 0. The molecule has 0 spiro atoms. The number of allylic oxidation sites excluding steroid dienone is 1. The number of fused-ring (bicyclic) bond motifs is 1. The molecule has 4 rings (SSSR count). The second-order valence-corrected chi connectivity index (χ2v) is 6.97. The topological polar surface area (TPSA) is 47.2 Å². The fraction of sp³-hybridized carbons (Fsp3) is 0.261. The molecule has 4 heteroatoms. The van der Waals surface area contributed by atoms with Crippen molar-refractivity contribution in [2.24, 2.45) is 5.10 Å². The highest BCUT2D eigenvalue weighted by molar-refractivity contribution is 5.79. The maximum absolute atomic E-state index is 13.0. The van der Waals surface area contributed by atoms with E-state index in [0.29, 0.717) is 11.3 Å².